The fourth-order valence-corrected chi connectivity index (χ4v) is 3.83. The van der Waals surface area contributed by atoms with Crippen LogP contribution in [0, 0.1) is 11.8 Å². The Morgan fingerprint density at radius 1 is 1.15 bits per heavy atom. The van der Waals surface area contributed by atoms with Gasteiger partial charge in [0.15, 0.2) is 0 Å². The van der Waals surface area contributed by atoms with Crippen LogP contribution in [0.25, 0.3) is 0 Å². The number of Topliss-reactive ketones (excluding diaryl/α,β-unsaturated/α-hetero) is 1. The average molecular weight is 263 g/mol. The van der Waals surface area contributed by atoms with Crippen LogP contribution in [0.2, 0.25) is 0 Å². The van der Waals surface area contributed by atoms with E-state index in [-0.39, 0.29) is 5.92 Å². The Hall–Kier alpha value is -1.96. The molecule has 1 aromatic heterocycles. The van der Waals surface area contributed by atoms with Crippen molar-refractivity contribution in [3.63, 3.8) is 0 Å². The molecule has 1 heterocycles. The molecule has 2 aliphatic rings. The maximum atomic E-state index is 12.5. The number of aromatic nitrogens is 1. The Morgan fingerprint density at radius 2 is 1.95 bits per heavy atom. The molecular weight excluding hydrogens is 246 g/mol. The molecule has 1 aromatic carbocycles. The Labute approximate surface area is 118 Å². The van der Waals surface area contributed by atoms with Gasteiger partial charge in [0.2, 0.25) is 0 Å². The van der Waals surface area contributed by atoms with Gasteiger partial charge < -0.3 is 0 Å². The number of pyridine rings is 1. The number of nitrogens with zero attached hydrogens (tertiary/aromatic N) is 1. The number of hydrogen-bond donors (Lipinski definition) is 0. The number of aryl methyl sites for hydroxylation is 1. The molecule has 0 N–H and O–H groups in total. The number of carbonyl (C=O) groups is 1. The van der Waals surface area contributed by atoms with E-state index >= 15 is 0 Å². The summed E-state index contributed by atoms with van der Waals surface area (Å²) in [5.41, 5.74) is 3.96. The molecule has 0 aliphatic heterocycles. The number of benzene rings is 1. The topological polar surface area (TPSA) is 30.0 Å². The molecule has 0 amide bonds. The van der Waals surface area contributed by atoms with Gasteiger partial charge in [-0.3, -0.25) is 9.78 Å². The summed E-state index contributed by atoms with van der Waals surface area (Å²) >= 11 is 0. The van der Waals surface area contributed by atoms with Crippen LogP contribution >= 0.6 is 0 Å². The molecule has 3 atom stereocenters. The van der Waals surface area contributed by atoms with Gasteiger partial charge in [0.25, 0.3) is 0 Å². The van der Waals surface area contributed by atoms with E-state index in [0.29, 0.717) is 24.0 Å². The molecule has 2 aromatic rings. The van der Waals surface area contributed by atoms with E-state index in [1.807, 2.05) is 12.1 Å². The highest BCUT2D eigenvalue weighted by atomic mass is 16.1. The Kier molecular flexibility index (Phi) is 2.69. The number of ketones is 1. The van der Waals surface area contributed by atoms with E-state index in [1.165, 1.54) is 17.5 Å². The maximum absolute atomic E-state index is 12.5. The summed E-state index contributed by atoms with van der Waals surface area (Å²) < 4.78 is 0. The minimum absolute atomic E-state index is 0.256. The predicted molar refractivity (Wildman–Crippen MR) is 77.4 cm³/mol. The van der Waals surface area contributed by atoms with E-state index < -0.39 is 0 Å². The van der Waals surface area contributed by atoms with Crippen molar-refractivity contribution in [3.05, 3.63) is 65.5 Å². The number of hydrogen-bond acceptors (Lipinski definition) is 2. The lowest BCUT2D eigenvalue weighted by atomic mass is 9.92. The SMILES string of the molecule is O=C(Cc1ccncc1)C1C2CCc3ccccc3C21. The zero-order valence-electron chi connectivity index (χ0n) is 11.3. The van der Waals surface area contributed by atoms with Crippen LogP contribution in [0.5, 0.6) is 0 Å². The van der Waals surface area contributed by atoms with Gasteiger partial charge in [0.1, 0.15) is 5.78 Å². The van der Waals surface area contributed by atoms with Crippen molar-refractivity contribution in [2.24, 2.45) is 11.8 Å². The molecular formula is C18H17NO. The molecule has 100 valence electrons. The van der Waals surface area contributed by atoms with E-state index in [1.54, 1.807) is 12.4 Å². The summed E-state index contributed by atoms with van der Waals surface area (Å²) in [6, 6.07) is 12.5. The lowest BCUT2D eigenvalue weighted by Gasteiger charge is -2.13. The van der Waals surface area contributed by atoms with Gasteiger partial charge in [-0.15, -0.1) is 0 Å². The van der Waals surface area contributed by atoms with Crippen LogP contribution in [0.15, 0.2) is 48.8 Å². The van der Waals surface area contributed by atoms with Crippen molar-refractivity contribution in [1.82, 2.24) is 4.98 Å². The second-order valence-electron chi connectivity index (χ2n) is 5.95. The largest absolute Gasteiger partial charge is 0.299 e. The Bertz CT molecular complexity index is 649. The molecule has 20 heavy (non-hydrogen) atoms. The van der Waals surface area contributed by atoms with Crippen LogP contribution < -0.4 is 0 Å². The quantitative estimate of drug-likeness (QED) is 0.851. The summed E-state index contributed by atoms with van der Waals surface area (Å²) in [5, 5.41) is 0. The van der Waals surface area contributed by atoms with E-state index in [2.05, 4.69) is 29.2 Å². The first-order valence-electron chi connectivity index (χ1n) is 7.34. The first kappa shape index (κ1) is 11.8. The summed E-state index contributed by atoms with van der Waals surface area (Å²) in [7, 11) is 0. The summed E-state index contributed by atoms with van der Waals surface area (Å²) in [5.74, 6) is 1.75. The number of fused-ring (bicyclic) bond motifs is 3. The van der Waals surface area contributed by atoms with Gasteiger partial charge in [0.05, 0.1) is 0 Å². The molecule has 0 radical (unpaired) electrons. The van der Waals surface area contributed by atoms with Gasteiger partial charge in [-0.1, -0.05) is 24.3 Å². The minimum atomic E-state index is 0.256. The zero-order valence-corrected chi connectivity index (χ0v) is 11.3. The minimum Gasteiger partial charge on any atom is -0.299 e. The highest BCUT2D eigenvalue weighted by Gasteiger charge is 2.56. The van der Waals surface area contributed by atoms with Crippen molar-refractivity contribution in [2.75, 3.05) is 0 Å². The average Bonchev–Trinajstić information content (AvgIpc) is 3.23. The molecule has 2 nitrogen and oxygen atoms in total. The van der Waals surface area contributed by atoms with Crippen LogP contribution in [-0.2, 0) is 17.6 Å². The third-order valence-electron chi connectivity index (χ3n) is 4.83. The Balaban J connectivity index is 1.54. The van der Waals surface area contributed by atoms with Crippen molar-refractivity contribution in [3.8, 4) is 0 Å². The molecule has 3 unspecified atom stereocenters. The number of carbonyl (C=O) groups excluding carboxylic acids is 1. The van der Waals surface area contributed by atoms with Crippen molar-refractivity contribution >= 4 is 5.78 Å². The third-order valence-corrected chi connectivity index (χ3v) is 4.83. The van der Waals surface area contributed by atoms with Gasteiger partial charge >= 0.3 is 0 Å². The van der Waals surface area contributed by atoms with Crippen molar-refractivity contribution in [2.45, 2.75) is 25.2 Å². The van der Waals surface area contributed by atoms with E-state index in [9.17, 15) is 4.79 Å². The van der Waals surface area contributed by atoms with Gasteiger partial charge in [0, 0.05) is 24.7 Å². The van der Waals surface area contributed by atoms with Crippen LogP contribution in [-0.4, -0.2) is 10.8 Å². The highest BCUT2D eigenvalue weighted by molar-refractivity contribution is 5.88. The summed E-state index contributed by atoms with van der Waals surface area (Å²) in [4.78, 5) is 16.5. The fourth-order valence-electron chi connectivity index (χ4n) is 3.83. The van der Waals surface area contributed by atoms with Crippen LogP contribution in [0.3, 0.4) is 0 Å². The second kappa shape index (κ2) is 4.55. The molecule has 0 bridgehead atoms. The third kappa shape index (κ3) is 1.87. The lowest BCUT2D eigenvalue weighted by molar-refractivity contribution is -0.120. The molecule has 1 saturated carbocycles. The maximum Gasteiger partial charge on any atom is 0.141 e. The first-order chi connectivity index (χ1) is 9.84. The first-order valence-corrected chi connectivity index (χ1v) is 7.34. The fraction of sp³-hybridized carbons (Fsp3) is 0.333. The monoisotopic (exact) mass is 263 g/mol. The molecule has 1 fully saturated rings. The Morgan fingerprint density at radius 3 is 2.80 bits per heavy atom. The normalized spacial score (nSPS) is 26.5. The van der Waals surface area contributed by atoms with Gasteiger partial charge in [-0.05, 0) is 53.5 Å². The molecule has 0 spiro atoms. The van der Waals surface area contributed by atoms with E-state index in [0.717, 1.165) is 12.0 Å². The molecule has 4 rings (SSSR count). The summed E-state index contributed by atoms with van der Waals surface area (Å²) in [6.07, 6.45) is 6.39. The molecule has 2 aliphatic carbocycles. The number of rotatable bonds is 3. The standard InChI is InChI=1S/C18H17NO/c20-16(11-12-7-9-19-10-8-12)18-15-6-5-13-3-1-2-4-14(13)17(15)18/h1-4,7-10,15,17-18H,5-6,11H2. The molecule has 0 saturated heterocycles. The van der Waals surface area contributed by atoms with Crippen molar-refractivity contribution < 1.29 is 4.79 Å². The van der Waals surface area contributed by atoms with Crippen molar-refractivity contribution in [1.29, 1.82) is 0 Å². The van der Waals surface area contributed by atoms with Gasteiger partial charge in [-0.25, -0.2) is 0 Å². The smallest absolute Gasteiger partial charge is 0.141 e. The van der Waals surface area contributed by atoms with E-state index in [4.69, 9.17) is 0 Å². The zero-order chi connectivity index (χ0) is 13.5. The van der Waals surface area contributed by atoms with Gasteiger partial charge in [-0.2, -0.15) is 0 Å². The lowest BCUT2D eigenvalue weighted by Crippen LogP contribution is -2.07. The van der Waals surface area contributed by atoms with Crippen LogP contribution in [0.1, 0.15) is 29.0 Å². The predicted octanol–water partition coefficient (Wildman–Crippen LogP) is 3.17. The highest BCUT2D eigenvalue weighted by Crippen LogP contribution is 2.60. The van der Waals surface area contributed by atoms with Crippen LogP contribution in [0.4, 0.5) is 0 Å². The summed E-state index contributed by atoms with van der Waals surface area (Å²) in [6.45, 7) is 0. The molecule has 2 heteroatoms. The second-order valence-corrected chi connectivity index (χ2v) is 5.95.